The summed E-state index contributed by atoms with van der Waals surface area (Å²) in [4.78, 5) is 22.6. The fourth-order valence-corrected chi connectivity index (χ4v) is 3.26. The molecule has 0 saturated heterocycles. The summed E-state index contributed by atoms with van der Waals surface area (Å²) >= 11 is 0. The Morgan fingerprint density at radius 2 is 1.94 bits per heavy atom. The first-order chi connectivity index (χ1) is 8.19. The Balaban J connectivity index is 2.84. The van der Waals surface area contributed by atoms with E-state index in [0.717, 1.165) is 0 Å². The summed E-state index contributed by atoms with van der Waals surface area (Å²) < 4.78 is 22.9. The molecule has 1 amide bonds. The van der Waals surface area contributed by atoms with Gasteiger partial charge in [0.25, 0.3) is 0 Å². The maximum atomic E-state index is 12.3. The molecule has 0 aromatic heterocycles. The van der Waals surface area contributed by atoms with Crippen molar-refractivity contribution >= 4 is 27.4 Å². The average Bonchev–Trinajstić information content (AvgIpc) is 2.26. The molecule has 6 nitrogen and oxygen atoms in total. The summed E-state index contributed by atoms with van der Waals surface area (Å²) in [5, 5.41) is 11.3. The number of hydrogen-bond acceptors (Lipinski definition) is 4. The van der Waals surface area contributed by atoms with Gasteiger partial charge in [-0.2, -0.15) is 0 Å². The molecule has 1 aliphatic heterocycles. The summed E-state index contributed by atoms with van der Waals surface area (Å²) in [7, 11) is -3.90. The van der Waals surface area contributed by atoms with Crippen LogP contribution in [0.15, 0.2) is 23.1 Å². The van der Waals surface area contributed by atoms with Crippen molar-refractivity contribution in [3.8, 4) is 0 Å². The van der Waals surface area contributed by atoms with E-state index in [2.05, 4.69) is 5.32 Å². The number of aromatic carboxylic acids is 1. The van der Waals surface area contributed by atoms with Gasteiger partial charge in [0.2, 0.25) is 5.91 Å². The molecule has 2 N–H and O–H groups in total. The maximum Gasteiger partial charge on any atom is 0.337 e. The lowest BCUT2D eigenvalue weighted by molar-refractivity contribution is -0.118. The fraction of sp³-hybridized carbons (Fsp3) is 0.273. The number of carbonyl (C=O) groups is 2. The number of benzene rings is 1. The predicted octanol–water partition coefficient (Wildman–Crippen LogP) is 0.889. The third-order valence-corrected chi connectivity index (χ3v) is 5.45. The second-order valence-electron chi connectivity index (χ2n) is 4.45. The SMILES string of the molecule is CC1(C)C(=O)Nc2c(C(=O)O)cccc2S1(=O)=O. The molecule has 0 fully saturated rings. The Morgan fingerprint density at radius 3 is 2.50 bits per heavy atom. The number of hydrogen-bond donors (Lipinski definition) is 2. The molecule has 0 unspecified atom stereocenters. The highest BCUT2D eigenvalue weighted by Gasteiger charge is 2.48. The van der Waals surface area contributed by atoms with E-state index in [-0.39, 0.29) is 16.1 Å². The molecular weight excluding hydrogens is 258 g/mol. The van der Waals surface area contributed by atoms with Crippen LogP contribution in [0.25, 0.3) is 0 Å². The number of para-hydroxylation sites is 1. The van der Waals surface area contributed by atoms with Crippen LogP contribution >= 0.6 is 0 Å². The van der Waals surface area contributed by atoms with E-state index in [1.165, 1.54) is 32.0 Å². The minimum absolute atomic E-state index is 0.158. The van der Waals surface area contributed by atoms with Gasteiger partial charge in [-0.05, 0) is 26.0 Å². The number of fused-ring (bicyclic) bond motifs is 1. The second kappa shape index (κ2) is 3.55. The van der Waals surface area contributed by atoms with Gasteiger partial charge in [0.15, 0.2) is 9.84 Å². The van der Waals surface area contributed by atoms with E-state index < -0.39 is 26.5 Å². The van der Waals surface area contributed by atoms with Crippen LogP contribution in [0.1, 0.15) is 24.2 Å². The number of sulfone groups is 1. The molecule has 0 aliphatic carbocycles. The van der Waals surface area contributed by atoms with E-state index in [9.17, 15) is 18.0 Å². The van der Waals surface area contributed by atoms with Gasteiger partial charge in [-0.15, -0.1) is 0 Å². The van der Waals surface area contributed by atoms with Crippen LogP contribution < -0.4 is 5.32 Å². The zero-order valence-corrected chi connectivity index (χ0v) is 10.5. The number of carboxylic acid groups (broad SMARTS) is 1. The molecular formula is C11H11NO5S. The van der Waals surface area contributed by atoms with Gasteiger partial charge in [0, 0.05) is 0 Å². The molecule has 1 heterocycles. The van der Waals surface area contributed by atoms with Gasteiger partial charge < -0.3 is 10.4 Å². The second-order valence-corrected chi connectivity index (χ2v) is 6.92. The summed E-state index contributed by atoms with van der Waals surface area (Å²) in [5.74, 6) is -2.02. The lowest BCUT2D eigenvalue weighted by Gasteiger charge is -2.30. The largest absolute Gasteiger partial charge is 0.478 e. The van der Waals surface area contributed by atoms with Crippen molar-refractivity contribution in [1.82, 2.24) is 0 Å². The number of carbonyl (C=O) groups excluding carboxylic acids is 1. The van der Waals surface area contributed by atoms with Gasteiger partial charge in [0.1, 0.15) is 4.75 Å². The number of carboxylic acids is 1. The van der Waals surface area contributed by atoms with Crippen LogP contribution in [0.2, 0.25) is 0 Å². The van der Waals surface area contributed by atoms with Crippen LogP contribution in [0, 0.1) is 0 Å². The third kappa shape index (κ3) is 1.43. The lowest BCUT2D eigenvalue weighted by atomic mass is 10.1. The smallest absolute Gasteiger partial charge is 0.337 e. The minimum Gasteiger partial charge on any atom is -0.478 e. The maximum absolute atomic E-state index is 12.3. The predicted molar refractivity (Wildman–Crippen MR) is 63.3 cm³/mol. The molecule has 96 valence electrons. The molecule has 1 aliphatic rings. The van der Waals surface area contributed by atoms with Crippen molar-refractivity contribution in [3.63, 3.8) is 0 Å². The van der Waals surface area contributed by atoms with Gasteiger partial charge >= 0.3 is 5.97 Å². The standard InChI is InChI=1S/C11H11NO5S/c1-11(2)10(15)12-8-6(9(13)14)4-3-5-7(8)18(11,16)17/h3-5H,1-2H3,(H,12,15)(H,13,14). The van der Waals surface area contributed by atoms with Crippen LogP contribution in [-0.4, -0.2) is 30.1 Å². The highest BCUT2D eigenvalue weighted by atomic mass is 32.2. The number of nitrogens with one attached hydrogen (secondary N) is 1. The summed E-state index contributed by atoms with van der Waals surface area (Å²) in [5.41, 5.74) is -0.394. The van der Waals surface area contributed by atoms with Crippen molar-refractivity contribution in [2.75, 3.05) is 5.32 Å². The lowest BCUT2D eigenvalue weighted by Crippen LogP contribution is -2.48. The van der Waals surface area contributed by atoms with Gasteiger partial charge in [-0.25, -0.2) is 13.2 Å². The Kier molecular flexibility index (Phi) is 2.48. The van der Waals surface area contributed by atoms with E-state index in [4.69, 9.17) is 5.11 Å². The van der Waals surface area contributed by atoms with Crippen molar-refractivity contribution in [2.45, 2.75) is 23.5 Å². The summed E-state index contributed by atoms with van der Waals surface area (Å²) in [6.07, 6.45) is 0. The topological polar surface area (TPSA) is 101 Å². The van der Waals surface area contributed by atoms with Crippen molar-refractivity contribution < 1.29 is 23.1 Å². The van der Waals surface area contributed by atoms with Crippen molar-refractivity contribution in [1.29, 1.82) is 0 Å². The van der Waals surface area contributed by atoms with Gasteiger partial charge in [-0.1, -0.05) is 6.07 Å². The van der Waals surface area contributed by atoms with Crippen molar-refractivity contribution in [2.24, 2.45) is 0 Å². The molecule has 0 saturated carbocycles. The van der Waals surface area contributed by atoms with Crippen LogP contribution in [-0.2, 0) is 14.6 Å². The normalized spacial score (nSPS) is 19.8. The zero-order valence-electron chi connectivity index (χ0n) is 9.72. The Labute approximate surface area is 104 Å². The summed E-state index contributed by atoms with van der Waals surface area (Å²) in [6.45, 7) is 2.57. The summed E-state index contributed by atoms with van der Waals surface area (Å²) in [6, 6.07) is 3.88. The van der Waals surface area contributed by atoms with E-state index in [0.29, 0.717) is 0 Å². The van der Waals surface area contributed by atoms with Crippen LogP contribution in [0.3, 0.4) is 0 Å². The highest BCUT2D eigenvalue weighted by molar-refractivity contribution is 7.94. The van der Waals surface area contributed by atoms with Crippen LogP contribution in [0.5, 0.6) is 0 Å². The molecule has 2 rings (SSSR count). The van der Waals surface area contributed by atoms with E-state index in [1.807, 2.05) is 0 Å². The Bertz CT molecular complexity index is 660. The fourth-order valence-electron chi connectivity index (χ4n) is 1.72. The monoisotopic (exact) mass is 269 g/mol. The molecule has 7 heteroatoms. The number of anilines is 1. The van der Waals surface area contributed by atoms with Crippen LogP contribution in [0.4, 0.5) is 5.69 Å². The molecule has 0 radical (unpaired) electrons. The molecule has 0 atom stereocenters. The first kappa shape index (κ1) is 12.6. The Hall–Kier alpha value is -1.89. The van der Waals surface area contributed by atoms with E-state index >= 15 is 0 Å². The average molecular weight is 269 g/mol. The van der Waals surface area contributed by atoms with E-state index in [1.54, 1.807) is 0 Å². The first-order valence-electron chi connectivity index (χ1n) is 5.12. The Morgan fingerprint density at radius 1 is 1.33 bits per heavy atom. The van der Waals surface area contributed by atoms with Crippen molar-refractivity contribution in [3.05, 3.63) is 23.8 Å². The highest BCUT2D eigenvalue weighted by Crippen LogP contribution is 2.38. The third-order valence-electron chi connectivity index (χ3n) is 3.00. The number of amides is 1. The van der Waals surface area contributed by atoms with Gasteiger partial charge in [-0.3, -0.25) is 4.79 Å². The molecule has 1 aromatic carbocycles. The molecule has 1 aromatic rings. The quantitative estimate of drug-likeness (QED) is 0.788. The molecule has 18 heavy (non-hydrogen) atoms. The first-order valence-corrected chi connectivity index (χ1v) is 6.60. The molecule has 0 bridgehead atoms. The number of rotatable bonds is 1. The van der Waals surface area contributed by atoms with Gasteiger partial charge in [0.05, 0.1) is 16.1 Å². The minimum atomic E-state index is -3.90. The molecule has 0 spiro atoms. The zero-order chi connectivity index (χ0) is 13.7.